The van der Waals surface area contributed by atoms with E-state index in [2.05, 4.69) is 9.88 Å². The number of carbonyl (C=O) groups is 1. The second-order valence-corrected chi connectivity index (χ2v) is 4.57. The lowest BCUT2D eigenvalue weighted by molar-refractivity contribution is -0.126. The molecule has 1 aliphatic heterocycles. The Kier molecular flexibility index (Phi) is 3.84. The van der Waals surface area contributed by atoms with Crippen molar-refractivity contribution in [3.05, 3.63) is 29.8 Å². The minimum Gasteiger partial charge on any atom is -0.299 e. The van der Waals surface area contributed by atoms with Gasteiger partial charge in [0, 0.05) is 38.2 Å². The van der Waals surface area contributed by atoms with Crippen molar-refractivity contribution in [1.82, 2.24) is 9.88 Å². The highest BCUT2D eigenvalue weighted by atomic mass is 19.1. The first-order chi connectivity index (χ1) is 8.19. The van der Waals surface area contributed by atoms with Crippen LogP contribution in [0.1, 0.15) is 25.3 Å². The molecule has 2 heterocycles. The Morgan fingerprint density at radius 2 is 2.35 bits per heavy atom. The molecule has 2 rings (SSSR count). The predicted octanol–water partition coefficient (Wildman–Crippen LogP) is 2.02. The fourth-order valence-electron chi connectivity index (χ4n) is 2.28. The zero-order chi connectivity index (χ0) is 12.3. The van der Waals surface area contributed by atoms with Crippen molar-refractivity contribution in [2.75, 3.05) is 13.1 Å². The SMILES string of the molecule is CCC1CN(Cc2cncc(F)c2)CCC1=O. The van der Waals surface area contributed by atoms with Crippen LogP contribution in [0.3, 0.4) is 0 Å². The number of halogens is 1. The summed E-state index contributed by atoms with van der Waals surface area (Å²) in [6, 6.07) is 1.50. The predicted molar refractivity (Wildman–Crippen MR) is 62.9 cm³/mol. The van der Waals surface area contributed by atoms with E-state index in [1.165, 1.54) is 12.3 Å². The molecule has 4 heteroatoms. The zero-order valence-electron chi connectivity index (χ0n) is 10.0. The van der Waals surface area contributed by atoms with E-state index in [1.807, 2.05) is 6.92 Å². The summed E-state index contributed by atoms with van der Waals surface area (Å²) in [7, 11) is 0. The number of aromatic nitrogens is 1. The first kappa shape index (κ1) is 12.2. The quantitative estimate of drug-likeness (QED) is 0.805. The molecule has 1 fully saturated rings. The summed E-state index contributed by atoms with van der Waals surface area (Å²) in [5.41, 5.74) is 0.870. The van der Waals surface area contributed by atoms with Crippen LogP contribution in [-0.2, 0) is 11.3 Å². The van der Waals surface area contributed by atoms with Gasteiger partial charge in [-0.15, -0.1) is 0 Å². The fourth-order valence-corrected chi connectivity index (χ4v) is 2.28. The van der Waals surface area contributed by atoms with Crippen molar-refractivity contribution in [1.29, 1.82) is 0 Å². The van der Waals surface area contributed by atoms with Gasteiger partial charge in [-0.3, -0.25) is 14.7 Å². The van der Waals surface area contributed by atoms with Crippen LogP contribution in [-0.4, -0.2) is 28.8 Å². The Labute approximate surface area is 101 Å². The van der Waals surface area contributed by atoms with E-state index in [0.29, 0.717) is 18.7 Å². The maximum atomic E-state index is 13.0. The third kappa shape index (κ3) is 3.09. The summed E-state index contributed by atoms with van der Waals surface area (Å²) < 4.78 is 13.0. The topological polar surface area (TPSA) is 33.2 Å². The highest BCUT2D eigenvalue weighted by Gasteiger charge is 2.25. The smallest absolute Gasteiger partial charge is 0.141 e. The van der Waals surface area contributed by atoms with Gasteiger partial charge in [0.1, 0.15) is 11.6 Å². The molecule has 1 atom stereocenters. The number of nitrogens with zero attached hydrogens (tertiary/aromatic N) is 2. The standard InChI is InChI=1S/C13H17FN2O/c1-2-11-9-16(4-3-13(11)17)8-10-5-12(14)7-15-6-10/h5-7,11H,2-4,8-9H2,1H3. The lowest BCUT2D eigenvalue weighted by Gasteiger charge is -2.31. The lowest BCUT2D eigenvalue weighted by atomic mass is 9.94. The minimum absolute atomic E-state index is 0.144. The first-order valence-electron chi connectivity index (χ1n) is 6.03. The number of piperidine rings is 1. The van der Waals surface area contributed by atoms with E-state index in [1.54, 1.807) is 6.20 Å². The van der Waals surface area contributed by atoms with Gasteiger partial charge in [0.15, 0.2) is 0 Å². The van der Waals surface area contributed by atoms with Gasteiger partial charge >= 0.3 is 0 Å². The number of likely N-dealkylation sites (tertiary alicyclic amines) is 1. The molecule has 0 spiro atoms. The molecular formula is C13H17FN2O. The second-order valence-electron chi connectivity index (χ2n) is 4.57. The molecular weight excluding hydrogens is 219 g/mol. The van der Waals surface area contributed by atoms with Crippen LogP contribution in [0.15, 0.2) is 18.5 Å². The summed E-state index contributed by atoms with van der Waals surface area (Å²) in [4.78, 5) is 17.6. The van der Waals surface area contributed by atoms with E-state index in [-0.39, 0.29) is 11.7 Å². The van der Waals surface area contributed by atoms with Gasteiger partial charge in [-0.1, -0.05) is 6.92 Å². The van der Waals surface area contributed by atoms with Gasteiger partial charge in [-0.25, -0.2) is 4.39 Å². The molecule has 1 unspecified atom stereocenters. The van der Waals surface area contributed by atoms with Crippen molar-refractivity contribution in [2.45, 2.75) is 26.3 Å². The molecule has 0 bridgehead atoms. The van der Waals surface area contributed by atoms with Gasteiger partial charge in [0.05, 0.1) is 6.20 Å². The molecule has 0 aromatic carbocycles. The van der Waals surface area contributed by atoms with Crippen molar-refractivity contribution < 1.29 is 9.18 Å². The minimum atomic E-state index is -0.303. The number of ketones is 1. The molecule has 3 nitrogen and oxygen atoms in total. The molecule has 92 valence electrons. The van der Waals surface area contributed by atoms with Crippen LogP contribution in [0, 0.1) is 11.7 Å². The van der Waals surface area contributed by atoms with Crippen molar-refractivity contribution in [3.63, 3.8) is 0 Å². The number of pyridine rings is 1. The third-order valence-electron chi connectivity index (χ3n) is 3.27. The molecule has 0 saturated carbocycles. The largest absolute Gasteiger partial charge is 0.299 e. The molecule has 17 heavy (non-hydrogen) atoms. The van der Waals surface area contributed by atoms with Gasteiger partial charge in [-0.2, -0.15) is 0 Å². The van der Waals surface area contributed by atoms with Gasteiger partial charge in [0.2, 0.25) is 0 Å². The van der Waals surface area contributed by atoms with E-state index in [4.69, 9.17) is 0 Å². The van der Waals surface area contributed by atoms with Gasteiger partial charge in [-0.05, 0) is 18.1 Å². The number of hydrogen-bond donors (Lipinski definition) is 0. The first-order valence-corrected chi connectivity index (χ1v) is 6.03. The van der Waals surface area contributed by atoms with Crippen LogP contribution < -0.4 is 0 Å². The summed E-state index contributed by atoms with van der Waals surface area (Å²) in [5, 5.41) is 0. The Morgan fingerprint density at radius 3 is 3.06 bits per heavy atom. The highest BCUT2D eigenvalue weighted by molar-refractivity contribution is 5.82. The Bertz CT molecular complexity index is 408. The maximum Gasteiger partial charge on any atom is 0.141 e. The van der Waals surface area contributed by atoms with E-state index < -0.39 is 0 Å². The van der Waals surface area contributed by atoms with Crippen LogP contribution in [0.25, 0.3) is 0 Å². The van der Waals surface area contributed by atoms with E-state index in [0.717, 1.165) is 25.1 Å². The maximum absolute atomic E-state index is 13.0. The fraction of sp³-hybridized carbons (Fsp3) is 0.538. The zero-order valence-corrected chi connectivity index (χ0v) is 10.0. The third-order valence-corrected chi connectivity index (χ3v) is 3.27. The summed E-state index contributed by atoms with van der Waals surface area (Å²) >= 11 is 0. The van der Waals surface area contributed by atoms with Crippen LogP contribution >= 0.6 is 0 Å². The van der Waals surface area contributed by atoms with Gasteiger partial charge < -0.3 is 0 Å². The number of carbonyl (C=O) groups excluding carboxylic acids is 1. The second kappa shape index (κ2) is 5.36. The lowest BCUT2D eigenvalue weighted by Crippen LogP contribution is -2.40. The summed E-state index contributed by atoms with van der Waals surface area (Å²) in [6.07, 6.45) is 4.39. The molecule has 1 aromatic rings. The molecule has 0 aliphatic carbocycles. The van der Waals surface area contributed by atoms with Crippen LogP contribution in [0.2, 0.25) is 0 Å². The van der Waals surface area contributed by atoms with Crippen molar-refractivity contribution in [3.8, 4) is 0 Å². The van der Waals surface area contributed by atoms with E-state index in [9.17, 15) is 9.18 Å². The number of hydrogen-bond acceptors (Lipinski definition) is 3. The molecule has 0 amide bonds. The molecule has 0 N–H and O–H groups in total. The Balaban J connectivity index is 1.98. The van der Waals surface area contributed by atoms with E-state index >= 15 is 0 Å². The summed E-state index contributed by atoms with van der Waals surface area (Å²) in [5.74, 6) is 0.203. The van der Waals surface area contributed by atoms with Crippen molar-refractivity contribution in [2.24, 2.45) is 5.92 Å². The van der Waals surface area contributed by atoms with Crippen molar-refractivity contribution >= 4 is 5.78 Å². The molecule has 1 saturated heterocycles. The number of rotatable bonds is 3. The van der Waals surface area contributed by atoms with Crippen LogP contribution in [0.4, 0.5) is 4.39 Å². The summed E-state index contributed by atoms with van der Waals surface area (Å²) in [6.45, 7) is 4.27. The Hall–Kier alpha value is -1.29. The normalized spacial score (nSPS) is 21.8. The average Bonchev–Trinajstić information content (AvgIpc) is 2.32. The molecule has 0 radical (unpaired) electrons. The number of Topliss-reactive ketones (excluding diaryl/α,β-unsaturated/α-hetero) is 1. The Morgan fingerprint density at radius 1 is 1.53 bits per heavy atom. The van der Waals surface area contributed by atoms with Gasteiger partial charge in [0.25, 0.3) is 0 Å². The highest BCUT2D eigenvalue weighted by Crippen LogP contribution is 2.18. The van der Waals surface area contributed by atoms with Crippen LogP contribution in [0.5, 0.6) is 0 Å². The molecule has 1 aromatic heterocycles. The average molecular weight is 236 g/mol. The molecule has 1 aliphatic rings. The monoisotopic (exact) mass is 236 g/mol.